The van der Waals surface area contributed by atoms with E-state index in [1.54, 1.807) is 29.2 Å². The lowest BCUT2D eigenvalue weighted by Crippen LogP contribution is -2.31. The Kier molecular flexibility index (Phi) is 6.32. The zero-order chi connectivity index (χ0) is 23.4. The van der Waals surface area contributed by atoms with Gasteiger partial charge in [0.1, 0.15) is 0 Å². The van der Waals surface area contributed by atoms with Crippen molar-refractivity contribution < 1.29 is 14.4 Å². The van der Waals surface area contributed by atoms with Crippen molar-refractivity contribution in [3.63, 3.8) is 0 Å². The molecule has 0 saturated carbocycles. The van der Waals surface area contributed by atoms with Crippen LogP contribution < -0.4 is 0 Å². The van der Waals surface area contributed by atoms with E-state index in [1.165, 1.54) is 11.0 Å². The molecule has 0 aromatic heterocycles. The van der Waals surface area contributed by atoms with Gasteiger partial charge in [-0.15, -0.1) is 0 Å². The van der Waals surface area contributed by atoms with Crippen LogP contribution in [0.25, 0.3) is 0 Å². The number of benzene rings is 3. The summed E-state index contributed by atoms with van der Waals surface area (Å²) in [5.41, 5.74) is 3.29. The van der Waals surface area contributed by atoms with E-state index < -0.39 is 0 Å². The number of amides is 3. The van der Waals surface area contributed by atoms with Gasteiger partial charge in [0.25, 0.3) is 17.7 Å². The molecular weight excluding hydrogens is 414 g/mol. The molecule has 4 rings (SSSR count). The van der Waals surface area contributed by atoms with Gasteiger partial charge in [0.15, 0.2) is 0 Å². The van der Waals surface area contributed by atoms with E-state index in [-0.39, 0.29) is 29.8 Å². The number of hydrogen-bond donors (Lipinski definition) is 0. The third-order valence-electron chi connectivity index (χ3n) is 5.64. The molecule has 0 radical (unpaired) electrons. The number of carbonyl (C=O) groups excluding carboxylic acids is 3. The zero-order valence-corrected chi connectivity index (χ0v) is 18.3. The Balaban J connectivity index is 1.56. The summed E-state index contributed by atoms with van der Waals surface area (Å²) in [5, 5.41) is 8.98. The summed E-state index contributed by atoms with van der Waals surface area (Å²) in [7, 11) is 0. The van der Waals surface area contributed by atoms with Gasteiger partial charge in [0.2, 0.25) is 0 Å². The summed E-state index contributed by atoms with van der Waals surface area (Å²) >= 11 is 0. The van der Waals surface area contributed by atoms with Gasteiger partial charge in [-0.3, -0.25) is 19.3 Å². The average Bonchev–Trinajstić information content (AvgIpc) is 3.08. The molecule has 0 N–H and O–H groups in total. The molecule has 1 heterocycles. The predicted molar refractivity (Wildman–Crippen MR) is 123 cm³/mol. The van der Waals surface area contributed by atoms with Crippen molar-refractivity contribution in [3.05, 3.63) is 106 Å². The van der Waals surface area contributed by atoms with E-state index in [0.717, 1.165) is 17.5 Å². The summed E-state index contributed by atoms with van der Waals surface area (Å²) < 4.78 is 0. The van der Waals surface area contributed by atoms with Gasteiger partial charge in [0, 0.05) is 18.7 Å². The SMILES string of the molecule is CCCN(Cc1ccc(C#N)cc1)C(=O)c1ccc2c(c1)C(=O)N(Cc1ccccc1)C2=O. The smallest absolute Gasteiger partial charge is 0.261 e. The molecule has 0 aliphatic carbocycles. The van der Waals surface area contributed by atoms with Crippen LogP contribution >= 0.6 is 0 Å². The minimum atomic E-state index is -0.386. The first-order valence-electron chi connectivity index (χ1n) is 10.8. The highest BCUT2D eigenvalue weighted by molar-refractivity contribution is 6.22. The van der Waals surface area contributed by atoms with Crippen LogP contribution in [-0.4, -0.2) is 34.1 Å². The van der Waals surface area contributed by atoms with Crippen molar-refractivity contribution in [1.29, 1.82) is 5.26 Å². The van der Waals surface area contributed by atoms with E-state index in [4.69, 9.17) is 5.26 Å². The summed E-state index contributed by atoms with van der Waals surface area (Å²) in [4.78, 5) is 42.0. The molecule has 0 fully saturated rings. The second kappa shape index (κ2) is 9.49. The average molecular weight is 437 g/mol. The molecule has 6 nitrogen and oxygen atoms in total. The Morgan fingerprint density at radius 1 is 0.909 bits per heavy atom. The van der Waals surface area contributed by atoms with Crippen molar-refractivity contribution in [2.75, 3.05) is 6.54 Å². The van der Waals surface area contributed by atoms with Gasteiger partial charge in [-0.1, -0.05) is 49.4 Å². The van der Waals surface area contributed by atoms with Gasteiger partial charge in [0.05, 0.1) is 29.3 Å². The number of nitriles is 1. The van der Waals surface area contributed by atoms with Crippen molar-refractivity contribution in [3.8, 4) is 6.07 Å². The van der Waals surface area contributed by atoms with Gasteiger partial charge in [-0.05, 0) is 47.9 Å². The lowest BCUT2D eigenvalue weighted by Gasteiger charge is -2.22. The number of nitrogens with zero attached hydrogens (tertiary/aromatic N) is 3. The van der Waals surface area contributed by atoms with Gasteiger partial charge < -0.3 is 4.90 Å². The highest BCUT2D eigenvalue weighted by atomic mass is 16.2. The Morgan fingerprint density at radius 3 is 2.27 bits per heavy atom. The van der Waals surface area contributed by atoms with Crippen molar-refractivity contribution in [2.24, 2.45) is 0 Å². The number of fused-ring (bicyclic) bond motifs is 1. The second-order valence-electron chi connectivity index (χ2n) is 7.98. The molecule has 0 bridgehead atoms. The summed E-state index contributed by atoms with van der Waals surface area (Å²) in [6.45, 7) is 3.12. The Bertz CT molecular complexity index is 1240. The van der Waals surface area contributed by atoms with E-state index >= 15 is 0 Å². The van der Waals surface area contributed by atoms with E-state index in [2.05, 4.69) is 6.07 Å². The normalized spacial score (nSPS) is 12.4. The van der Waals surface area contributed by atoms with Crippen LogP contribution in [-0.2, 0) is 13.1 Å². The first-order chi connectivity index (χ1) is 16.0. The molecule has 0 saturated heterocycles. The maximum atomic E-state index is 13.3. The lowest BCUT2D eigenvalue weighted by atomic mass is 10.0. The molecule has 0 unspecified atom stereocenters. The molecule has 6 heteroatoms. The molecule has 3 aromatic carbocycles. The molecule has 3 amide bonds. The van der Waals surface area contributed by atoms with Crippen LogP contribution in [0.5, 0.6) is 0 Å². The van der Waals surface area contributed by atoms with Crippen LogP contribution in [0.3, 0.4) is 0 Å². The first-order valence-corrected chi connectivity index (χ1v) is 10.8. The largest absolute Gasteiger partial charge is 0.334 e. The van der Waals surface area contributed by atoms with Gasteiger partial charge >= 0.3 is 0 Å². The molecule has 33 heavy (non-hydrogen) atoms. The third-order valence-corrected chi connectivity index (χ3v) is 5.64. The highest BCUT2D eigenvalue weighted by Gasteiger charge is 2.36. The Hall–Kier alpha value is -4.24. The fourth-order valence-corrected chi connectivity index (χ4v) is 3.94. The number of rotatable bonds is 7. The Labute approximate surface area is 192 Å². The van der Waals surface area contributed by atoms with Gasteiger partial charge in [-0.25, -0.2) is 0 Å². The van der Waals surface area contributed by atoms with Crippen molar-refractivity contribution in [2.45, 2.75) is 26.4 Å². The molecule has 3 aromatic rings. The summed E-state index contributed by atoms with van der Waals surface area (Å²) in [6.07, 6.45) is 0.773. The van der Waals surface area contributed by atoms with Crippen LogP contribution in [0, 0.1) is 11.3 Å². The molecular formula is C27H23N3O3. The van der Waals surface area contributed by atoms with E-state index in [9.17, 15) is 14.4 Å². The second-order valence-corrected chi connectivity index (χ2v) is 7.98. The number of imide groups is 1. The highest BCUT2D eigenvalue weighted by Crippen LogP contribution is 2.26. The summed E-state index contributed by atoms with van der Waals surface area (Å²) in [6, 6.07) is 23.3. The predicted octanol–water partition coefficient (Wildman–Crippen LogP) is 4.41. The molecule has 1 aliphatic rings. The minimum Gasteiger partial charge on any atom is -0.334 e. The lowest BCUT2D eigenvalue weighted by molar-refractivity contribution is 0.0642. The topological polar surface area (TPSA) is 81.5 Å². The zero-order valence-electron chi connectivity index (χ0n) is 18.3. The van der Waals surface area contributed by atoms with Crippen LogP contribution in [0.4, 0.5) is 0 Å². The van der Waals surface area contributed by atoms with Crippen LogP contribution in [0.1, 0.15) is 61.1 Å². The quantitative estimate of drug-likeness (QED) is 0.513. The molecule has 164 valence electrons. The van der Waals surface area contributed by atoms with Crippen LogP contribution in [0.2, 0.25) is 0 Å². The molecule has 0 atom stereocenters. The monoisotopic (exact) mass is 437 g/mol. The minimum absolute atomic E-state index is 0.192. The van der Waals surface area contributed by atoms with E-state index in [0.29, 0.717) is 29.8 Å². The van der Waals surface area contributed by atoms with Crippen molar-refractivity contribution >= 4 is 17.7 Å². The summed E-state index contributed by atoms with van der Waals surface area (Å²) in [5.74, 6) is -0.936. The number of carbonyl (C=O) groups is 3. The molecule has 0 spiro atoms. The molecule has 1 aliphatic heterocycles. The standard InChI is InChI=1S/C27H23N3O3/c1-2-14-29(17-21-10-8-19(16-28)9-11-21)25(31)22-12-13-23-24(15-22)27(33)30(26(23)32)18-20-6-4-3-5-7-20/h3-13,15H,2,14,17-18H2,1H3. The maximum Gasteiger partial charge on any atom is 0.261 e. The van der Waals surface area contributed by atoms with E-state index in [1.807, 2.05) is 49.4 Å². The van der Waals surface area contributed by atoms with Gasteiger partial charge in [-0.2, -0.15) is 5.26 Å². The fourth-order valence-electron chi connectivity index (χ4n) is 3.94. The fraction of sp³-hybridized carbons (Fsp3) is 0.185. The maximum absolute atomic E-state index is 13.3. The van der Waals surface area contributed by atoms with Crippen LogP contribution in [0.15, 0.2) is 72.8 Å². The number of hydrogen-bond acceptors (Lipinski definition) is 4. The Morgan fingerprint density at radius 2 is 1.61 bits per heavy atom. The third kappa shape index (κ3) is 4.53. The van der Waals surface area contributed by atoms with Crippen molar-refractivity contribution in [1.82, 2.24) is 9.80 Å². The first kappa shape index (κ1) is 22.0.